The van der Waals surface area contributed by atoms with E-state index in [2.05, 4.69) is 63.7 Å². The summed E-state index contributed by atoms with van der Waals surface area (Å²) in [6, 6.07) is 10.5. The van der Waals surface area contributed by atoms with Crippen LogP contribution in [0.1, 0.15) is 12.8 Å². The first kappa shape index (κ1) is 10.8. The zero-order chi connectivity index (χ0) is 11.1. The number of piperazine rings is 1. The van der Waals surface area contributed by atoms with Gasteiger partial charge in [-0.3, -0.25) is 0 Å². The molecule has 0 aliphatic carbocycles. The summed E-state index contributed by atoms with van der Waals surface area (Å²) >= 11 is 2.37. The van der Waals surface area contributed by atoms with Crippen LogP contribution >= 0.6 is 22.6 Å². The van der Waals surface area contributed by atoms with Gasteiger partial charge in [-0.25, -0.2) is 0 Å². The van der Waals surface area contributed by atoms with Crippen molar-refractivity contribution >= 4 is 28.3 Å². The molecule has 1 aromatic carbocycles. The number of hydrogen-bond donors (Lipinski definition) is 0. The molecule has 86 valence electrons. The van der Waals surface area contributed by atoms with Crippen molar-refractivity contribution in [2.75, 3.05) is 25.0 Å². The predicted octanol–water partition coefficient (Wildman–Crippen LogP) is 2.57. The second kappa shape index (κ2) is 4.18. The lowest BCUT2D eigenvalue weighted by Crippen LogP contribution is -2.52. The van der Waals surface area contributed by atoms with Gasteiger partial charge < -0.3 is 9.80 Å². The predicted molar refractivity (Wildman–Crippen MR) is 75.9 cm³/mol. The standard InChI is InChI=1S/C13H17IN2/c1-15-8-12-6-7-13(9-15)16(12)11-4-2-10(14)3-5-11/h2-5,12-13H,6-9H2,1H3. The molecule has 3 heteroatoms. The molecule has 2 heterocycles. The number of nitrogens with zero attached hydrogens (tertiary/aromatic N) is 2. The van der Waals surface area contributed by atoms with Crippen LogP contribution in [0.4, 0.5) is 5.69 Å². The maximum atomic E-state index is 2.65. The molecule has 1 aromatic rings. The molecule has 0 amide bonds. The molecule has 0 N–H and O–H groups in total. The number of rotatable bonds is 1. The summed E-state index contributed by atoms with van der Waals surface area (Å²) < 4.78 is 1.32. The first-order valence-corrected chi connectivity index (χ1v) is 7.04. The van der Waals surface area contributed by atoms with Gasteiger partial charge in [0, 0.05) is 34.4 Å². The van der Waals surface area contributed by atoms with Crippen molar-refractivity contribution in [2.45, 2.75) is 24.9 Å². The number of fused-ring (bicyclic) bond motifs is 2. The molecule has 0 aromatic heterocycles. The van der Waals surface area contributed by atoms with Crippen molar-refractivity contribution in [1.29, 1.82) is 0 Å². The minimum Gasteiger partial charge on any atom is -0.363 e. The summed E-state index contributed by atoms with van der Waals surface area (Å²) in [6.07, 6.45) is 2.72. The van der Waals surface area contributed by atoms with E-state index in [1.165, 1.54) is 35.2 Å². The summed E-state index contributed by atoms with van der Waals surface area (Å²) in [6.45, 7) is 2.45. The Balaban J connectivity index is 1.88. The summed E-state index contributed by atoms with van der Waals surface area (Å²) in [5.41, 5.74) is 1.42. The summed E-state index contributed by atoms with van der Waals surface area (Å²) in [5.74, 6) is 0. The Hall–Kier alpha value is -0.290. The van der Waals surface area contributed by atoms with Gasteiger partial charge in [0.05, 0.1) is 0 Å². The van der Waals surface area contributed by atoms with Crippen LogP contribution in [0, 0.1) is 3.57 Å². The maximum absolute atomic E-state index is 2.65. The Morgan fingerprint density at radius 3 is 2.19 bits per heavy atom. The van der Waals surface area contributed by atoms with Crippen LogP contribution in [0.2, 0.25) is 0 Å². The number of hydrogen-bond acceptors (Lipinski definition) is 2. The maximum Gasteiger partial charge on any atom is 0.0421 e. The molecule has 0 radical (unpaired) electrons. The van der Waals surface area contributed by atoms with Crippen LogP contribution in [0.5, 0.6) is 0 Å². The quantitative estimate of drug-likeness (QED) is 0.731. The molecule has 2 nitrogen and oxygen atoms in total. The van der Waals surface area contributed by atoms with E-state index < -0.39 is 0 Å². The lowest BCUT2D eigenvalue weighted by Gasteiger charge is -2.41. The zero-order valence-corrected chi connectivity index (χ0v) is 11.7. The van der Waals surface area contributed by atoms with E-state index in [0.717, 1.165) is 12.1 Å². The smallest absolute Gasteiger partial charge is 0.0421 e. The minimum absolute atomic E-state index is 0.740. The second-order valence-electron chi connectivity index (χ2n) is 4.99. The SMILES string of the molecule is CN1CC2CCC(C1)N2c1ccc(I)cc1. The van der Waals surface area contributed by atoms with Crippen LogP contribution in [0.25, 0.3) is 0 Å². The van der Waals surface area contributed by atoms with Crippen LogP contribution < -0.4 is 4.90 Å². The Labute approximate surface area is 111 Å². The molecular formula is C13H17IN2. The van der Waals surface area contributed by atoms with Gasteiger partial charge in [0.2, 0.25) is 0 Å². The van der Waals surface area contributed by atoms with Gasteiger partial charge in [-0.05, 0) is 66.7 Å². The van der Waals surface area contributed by atoms with Crippen molar-refractivity contribution < 1.29 is 0 Å². The topological polar surface area (TPSA) is 6.48 Å². The lowest BCUT2D eigenvalue weighted by molar-refractivity contribution is 0.265. The number of halogens is 1. The van der Waals surface area contributed by atoms with Gasteiger partial charge in [-0.2, -0.15) is 0 Å². The van der Waals surface area contributed by atoms with E-state index in [1.807, 2.05) is 0 Å². The normalized spacial score (nSPS) is 29.8. The van der Waals surface area contributed by atoms with Gasteiger partial charge in [0.25, 0.3) is 0 Å². The van der Waals surface area contributed by atoms with Gasteiger partial charge >= 0.3 is 0 Å². The molecule has 0 saturated carbocycles. The summed E-state index contributed by atoms with van der Waals surface area (Å²) in [7, 11) is 2.25. The van der Waals surface area contributed by atoms with E-state index >= 15 is 0 Å². The van der Waals surface area contributed by atoms with Crippen molar-refractivity contribution in [3.63, 3.8) is 0 Å². The van der Waals surface area contributed by atoms with Crippen molar-refractivity contribution in [1.82, 2.24) is 4.90 Å². The van der Waals surface area contributed by atoms with E-state index in [4.69, 9.17) is 0 Å². The van der Waals surface area contributed by atoms with Gasteiger partial charge in [0.15, 0.2) is 0 Å². The molecule has 2 fully saturated rings. The van der Waals surface area contributed by atoms with E-state index in [1.54, 1.807) is 0 Å². The van der Waals surface area contributed by atoms with Crippen molar-refractivity contribution in [2.24, 2.45) is 0 Å². The first-order chi connectivity index (χ1) is 7.74. The number of benzene rings is 1. The summed E-state index contributed by atoms with van der Waals surface area (Å²) in [4.78, 5) is 5.13. The number of anilines is 1. The lowest BCUT2D eigenvalue weighted by atomic mass is 10.1. The molecule has 2 saturated heterocycles. The van der Waals surface area contributed by atoms with Gasteiger partial charge in [-0.15, -0.1) is 0 Å². The molecule has 3 rings (SSSR count). The molecule has 2 aliphatic heterocycles. The average molecular weight is 328 g/mol. The molecule has 2 unspecified atom stereocenters. The van der Waals surface area contributed by atoms with Crippen LogP contribution in [-0.2, 0) is 0 Å². The second-order valence-corrected chi connectivity index (χ2v) is 6.24. The fourth-order valence-electron chi connectivity index (χ4n) is 3.15. The highest BCUT2D eigenvalue weighted by Gasteiger charge is 2.38. The monoisotopic (exact) mass is 328 g/mol. The highest BCUT2D eigenvalue weighted by Crippen LogP contribution is 2.34. The summed E-state index contributed by atoms with van der Waals surface area (Å²) in [5, 5.41) is 0. The molecule has 2 atom stereocenters. The van der Waals surface area contributed by atoms with Crippen LogP contribution in [-0.4, -0.2) is 37.1 Å². The Bertz CT molecular complexity index is 362. The Kier molecular flexibility index (Phi) is 2.83. The molecule has 2 aliphatic rings. The van der Waals surface area contributed by atoms with Crippen molar-refractivity contribution in [3.05, 3.63) is 27.8 Å². The highest BCUT2D eigenvalue weighted by molar-refractivity contribution is 14.1. The number of likely N-dealkylation sites (tertiary alicyclic amines) is 1. The third kappa shape index (κ3) is 1.84. The van der Waals surface area contributed by atoms with E-state index in [0.29, 0.717) is 0 Å². The Morgan fingerprint density at radius 2 is 1.62 bits per heavy atom. The van der Waals surface area contributed by atoms with Crippen LogP contribution in [0.3, 0.4) is 0 Å². The largest absolute Gasteiger partial charge is 0.363 e. The van der Waals surface area contributed by atoms with E-state index in [-0.39, 0.29) is 0 Å². The minimum atomic E-state index is 0.740. The fraction of sp³-hybridized carbons (Fsp3) is 0.538. The van der Waals surface area contributed by atoms with Crippen molar-refractivity contribution in [3.8, 4) is 0 Å². The molecule has 0 spiro atoms. The van der Waals surface area contributed by atoms with Gasteiger partial charge in [0.1, 0.15) is 0 Å². The fourth-order valence-corrected chi connectivity index (χ4v) is 3.51. The van der Waals surface area contributed by atoms with Crippen LogP contribution in [0.15, 0.2) is 24.3 Å². The van der Waals surface area contributed by atoms with E-state index in [9.17, 15) is 0 Å². The molecule has 16 heavy (non-hydrogen) atoms. The van der Waals surface area contributed by atoms with Gasteiger partial charge in [-0.1, -0.05) is 0 Å². The highest BCUT2D eigenvalue weighted by atomic mass is 127. The third-order valence-electron chi connectivity index (χ3n) is 3.79. The molecule has 2 bridgehead atoms. The first-order valence-electron chi connectivity index (χ1n) is 5.96. The average Bonchev–Trinajstić information content (AvgIpc) is 2.54. The number of likely N-dealkylation sites (N-methyl/N-ethyl adjacent to an activating group) is 1. The third-order valence-corrected chi connectivity index (χ3v) is 4.51. The zero-order valence-electron chi connectivity index (χ0n) is 9.56. The Morgan fingerprint density at radius 1 is 1.06 bits per heavy atom. The molecular weight excluding hydrogens is 311 g/mol.